The smallest absolute Gasteiger partial charge is 0.163 e. The van der Waals surface area contributed by atoms with Gasteiger partial charge in [0.15, 0.2) is 5.78 Å². The van der Waals surface area contributed by atoms with Crippen molar-refractivity contribution in [3.05, 3.63) is 64.2 Å². The predicted molar refractivity (Wildman–Crippen MR) is 119 cm³/mol. The fraction of sp³-hybridized carbons (Fsp3) is 0.480. The molecular formula is C25H35NO3. The quantitative estimate of drug-likeness (QED) is 0.609. The molecule has 1 unspecified atom stereocenters. The first-order chi connectivity index (χ1) is 13.5. The summed E-state index contributed by atoms with van der Waals surface area (Å²) < 4.78 is 5.74. The van der Waals surface area contributed by atoms with E-state index in [-0.39, 0.29) is 17.9 Å². The van der Waals surface area contributed by atoms with Crippen LogP contribution < -0.4 is 10.1 Å². The molecule has 0 aliphatic carbocycles. The lowest BCUT2D eigenvalue weighted by Gasteiger charge is -2.23. The van der Waals surface area contributed by atoms with Gasteiger partial charge in [0.1, 0.15) is 18.5 Å². The van der Waals surface area contributed by atoms with Crippen LogP contribution in [0.2, 0.25) is 0 Å². The highest BCUT2D eigenvalue weighted by molar-refractivity contribution is 5.99. The van der Waals surface area contributed by atoms with E-state index < -0.39 is 6.10 Å². The number of Topliss-reactive ketones (excluding diaryl/α,β-unsaturated/α-hetero) is 1. The number of hydrogen-bond donors (Lipinski definition) is 2. The van der Waals surface area contributed by atoms with Crippen LogP contribution >= 0.6 is 0 Å². The second-order valence-corrected chi connectivity index (χ2v) is 8.94. The van der Waals surface area contributed by atoms with Gasteiger partial charge in [-0.05, 0) is 76.8 Å². The summed E-state index contributed by atoms with van der Waals surface area (Å²) in [5, 5.41) is 13.3. The maximum Gasteiger partial charge on any atom is 0.163 e. The summed E-state index contributed by atoms with van der Waals surface area (Å²) in [6, 6.07) is 11.9. The minimum atomic E-state index is -0.577. The first-order valence-corrected chi connectivity index (χ1v) is 10.3. The predicted octanol–water partition coefficient (Wildman–Crippen LogP) is 4.56. The van der Waals surface area contributed by atoms with Gasteiger partial charge >= 0.3 is 0 Å². The zero-order chi connectivity index (χ0) is 21.6. The molecule has 0 aliphatic heterocycles. The van der Waals surface area contributed by atoms with Crippen molar-refractivity contribution >= 4 is 5.78 Å². The van der Waals surface area contributed by atoms with Gasteiger partial charge < -0.3 is 15.2 Å². The SMILES string of the molecule is Cc1cc(C)c(C(=O)CCc2cccc(OCC(O)CNC(C)(C)C)c2)c(C)c1. The second-order valence-electron chi connectivity index (χ2n) is 8.94. The highest BCUT2D eigenvalue weighted by Gasteiger charge is 2.14. The molecule has 0 saturated carbocycles. The standard InChI is InChI=1S/C25H35NO3/c1-17-12-18(2)24(19(3)13-17)23(28)11-10-20-8-7-9-22(14-20)29-16-21(27)15-26-25(4,5)6/h7-9,12-14,21,26-27H,10-11,15-16H2,1-6H3. The molecule has 158 valence electrons. The van der Waals surface area contributed by atoms with Crippen LogP contribution in [0.3, 0.4) is 0 Å². The molecule has 4 nitrogen and oxygen atoms in total. The van der Waals surface area contributed by atoms with E-state index in [0.29, 0.717) is 25.1 Å². The molecule has 0 heterocycles. The topological polar surface area (TPSA) is 58.6 Å². The van der Waals surface area contributed by atoms with Gasteiger partial charge in [-0.2, -0.15) is 0 Å². The molecule has 2 aromatic carbocycles. The monoisotopic (exact) mass is 397 g/mol. The van der Waals surface area contributed by atoms with Crippen molar-refractivity contribution in [1.29, 1.82) is 0 Å². The van der Waals surface area contributed by atoms with Gasteiger partial charge in [0.05, 0.1) is 0 Å². The third kappa shape index (κ3) is 7.64. The Morgan fingerprint density at radius 3 is 2.38 bits per heavy atom. The van der Waals surface area contributed by atoms with E-state index in [1.807, 2.05) is 38.1 Å². The number of aliphatic hydroxyl groups excluding tert-OH is 1. The van der Waals surface area contributed by atoms with Gasteiger partial charge in [-0.1, -0.05) is 29.8 Å². The van der Waals surface area contributed by atoms with Crippen LogP contribution in [0.4, 0.5) is 0 Å². The Balaban J connectivity index is 1.91. The zero-order valence-corrected chi connectivity index (χ0v) is 18.6. The van der Waals surface area contributed by atoms with Crippen LogP contribution in [0.15, 0.2) is 36.4 Å². The number of nitrogens with one attached hydrogen (secondary N) is 1. The zero-order valence-electron chi connectivity index (χ0n) is 18.6. The average Bonchev–Trinajstić information content (AvgIpc) is 2.62. The lowest BCUT2D eigenvalue weighted by Crippen LogP contribution is -2.42. The minimum absolute atomic E-state index is 0.0401. The van der Waals surface area contributed by atoms with Crippen molar-refractivity contribution < 1.29 is 14.6 Å². The fourth-order valence-electron chi connectivity index (χ4n) is 3.47. The molecule has 0 spiro atoms. The molecule has 0 amide bonds. The molecule has 1 atom stereocenters. The van der Waals surface area contributed by atoms with Gasteiger partial charge in [0.25, 0.3) is 0 Å². The van der Waals surface area contributed by atoms with E-state index in [2.05, 4.69) is 45.1 Å². The van der Waals surface area contributed by atoms with E-state index in [0.717, 1.165) is 22.3 Å². The van der Waals surface area contributed by atoms with E-state index in [4.69, 9.17) is 4.74 Å². The van der Waals surface area contributed by atoms with Crippen LogP contribution in [0.1, 0.15) is 59.8 Å². The Morgan fingerprint density at radius 2 is 1.76 bits per heavy atom. The van der Waals surface area contributed by atoms with Crippen molar-refractivity contribution in [1.82, 2.24) is 5.32 Å². The number of ether oxygens (including phenoxy) is 1. The maximum absolute atomic E-state index is 12.8. The number of aryl methyl sites for hydroxylation is 4. The summed E-state index contributed by atoms with van der Waals surface area (Å²) in [4.78, 5) is 12.8. The summed E-state index contributed by atoms with van der Waals surface area (Å²) in [6.07, 6.45) is 0.551. The van der Waals surface area contributed by atoms with Crippen LogP contribution in [0.5, 0.6) is 5.75 Å². The van der Waals surface area contributed by atoms with Gasteiger partial charge in [-0.15, -0.1) is 0 Å². The number of benzene rings is 2. The van der Waals surface area contributed by atoms with Crippen molar-refractivity contribution in [2.45, 2.75) is 66.0 Å². The molecule has 2 N–H and O–H groups in total. The minimum Gasteiger partial charge on any atom is -0.491 e. The summed E-state index contributed by atoms with van der Waals surface area (Å²) in [5.41, 5.74) is 5.13. The number of β-amino-alcohol motifs (C(OH)–C–C–N with tert-alkyl or cyclic N) is 1. The molecule has 0 aliphatic rings. The molecule has 2 aromatic rings. The average molecular weight is 398 g/mol. The molecule has 0 radical (unpaired) electrons. The summed E-state index contributed by atoms with van der Waals surface area (Å²) in [7, 11) is 0. The normalized spacial score (nSPS) is 12.7. The Labute approximate surface area is 175 Å². The van der Waals surface area contributed by atoms with Crippen molar-refractivity contribution in [2.75, 3.05) is 13.2 Å². The highest BCUT2D eigenvalue weighted by Crippen LogP contribution is 2.20. The molecule has 2 rings (SSSR count). The van der Waals surface area contributed by atoms with E-state index in [9.17, 15) is 9.90 Å². The largest absolute Gasteiger partial charge is 0.491 e. The number of rotatable bonds is 9. The number of hydrogen-bond acceptors (Lipinski definition) is 4. The fourth-order valence-corrected chi connectivity index (χ4v) is 3.47. The first kappa shape index (κ1) is 23.1. The molecular weight excluding hydrogens is 362 g/mol. The van der Waals surface area contributed by atoms with Crippen molar-refractivity contribution in [3.8, 4) is 5.75 Å². The summed E-state index contributed by atoms with van der Waals surface area (Å²) in [6.45, 7) is 12.9. The number of aliphatic hydroxyl groups is 1. The molecule has 0 saturated heterocycles. The third-order valence-electron chi connectivity index (χ3n) is 4.81. The van der Waals surface area contributed by atoms with Crippen LogP contribution in [-0.4, -0.2) is 35.7 Å². The van der Waals surface area contributed by atoms with Crippen LogP contribution in [-0.2, 0) is 6.42 Å². The second kappa shape index (κ2) is 10.0. The Hall–Kier alpha value is -2.17. The Kier molecular flexibility index (Phi) is 8.00. The van der Waals surface area contributed by atoms with Crippen LogP contribution in [0, 0.1) is 20.8 Å². The Bertz CT molecular complexity index is 813. The molecule has 0 aromatic heterocycles. The number of carbonyl (C=O) groups excluding carboxylic acids is 1. The van der Waals surface area contributed by atoms with Crippen molar-refractivity contribution in [3.63, 3.8) is 0 Å². The van der Waals surface area contributed by atoms with Gasteiger partial charge in [0.2, 0.25) is 0 Å². The van der Waals surface area contributed by atoms with Crippen molar-refractivity contribution in [2.24, 2.45) is 0 Å². The molecule has 4 heteroatoms. The van der Waals surface area contributed by atoms with Gasteiger partial charge in [0, 0.05) is 24.1 Å². The van der Waals surface area contributed by atoms with Gasteiger partial charge in [-0.3, -0.25) is 4.79 Å². The Morgan fingerprint density at radius 1 is 1.10 bits per heavy atom. The molecule has 29 heavy (non-hydrogen) atoms. The summed E-state index contributed by atoms with van der Waals surface area (Å²) >= 11 is 0. The number of ketones is 1. The molecule has 0 bridgehead atoms. The maximum atomic E-state index is 12.8. The van der Waals surface area contributed by atoms with E-state index in [1.165, 1.54) is 5.56 Å². The highest BCUT2D eigenvalue weighted by atomic mass is 16.5. The van der Waals surface area contributed by atoms with Crippen LogP contribution in [0.25, 0.3) is 0 Å². The van der Waals surface area contributed by atoms with E-state index in [1.54, 1.807) is 0 Å². The molecule has 0 fully saturated rings. The lowest BCUT2D eigenvalue weighted by molar-refractivity contribution is 0.0981. The first-order valence-electron chi connectivity index (χ1n) is 10.3. The third-order valence-corrected chi connectivity index (χ3v) is 4.81. The summed E-state index contributed by atoms with van der Waals surface area (Å²) in [5.74, 6) is 0.891. The number of carbonyl (C=O) groups is 1. The van der Waals surface area contributed by atoms with E-state index >= 15 is 0 Å². The van der Waals surface area contributed by atoms with Gasteiger partial charge in [-0.25, -0.2) is 0 Å². The lowest BCUT2D eigenvalue weighted by atomic mass is 9.93.